The third-order valence-electron chi connectivity index (χ3n) is 4.48. The van der Waals surface area contributed by atoms with Gasteiger partial charge in [-0.25, -0.2) is 9.18 Å². The zero-order chi connectivity index (χ0) is 18.0. The molecule has 1 aromatic carbocycles. The van der Waals surface area contributed by atoms with E-state index in [0.717, 1.165) is 42.9 Å². The van der Waals surface area contributed by atoms with Gasteiger partial charge in [-0.1, -0.05) is 5.16 Å². The summed E-state index contributed by atoms with van der Waals surface area (Å²) in [6.45, 7) is 7.32. The van der Waals surface area contributed by atoms with E-state index in [-0.39, 0.29) is 11.9 Å². The van der Waals surface area contributed by atoms with Crippen molar-refractivity contribution in [2.45, 2.75) is 39.7 Å². The highest BCUT2D eigenvalue weighted by molar-refractivity contribution is 5.90. The molecule has 2 aromatic rings. The molecule has 0 bridgehead atoms. The molecule has 1 aliphatic heterocycles. The Morgan fingerprint density at radius 2 is 2.00 bits per heavy atom. The van der Waals surface area contributed by atoms with Crippen LogP contribution in [0.15, 0.2) is 22.7 Å². The molecule has 1 aromatic heterocycles. The first-order valence-electron chi connectivity index (χ1n) is 8.50. The second kappa shape index (κ2) is 7.13. The number of benzene rings is 1. The van der Waals surface area contributed by atoms with Gasteiger partial charge in [-0.2, -0.15) is 0 Å². The van der Waals surface area contributed by atoms with Gasteiger partial charge in [0.25, 0.3) is 0 Å². The number of urea groups is 1. The summed E-state index contributed by atoms with van der Waals surface area (Å²) in [5.41, 5.74) is 2.83. The molecule has 1 unspecified atom stereocenters. The Morgan fingerprint density at radius 3 is 2.64 bits per heavy atom. The predicted molar refractivity (Wildman–Crippen MR) is 94.4 cm³/mol. The molecule has 1 saturated heterocycles. The van der Waals surface area contributed by atoms with Crippen molar-refractivity contribution < 1.29 is 13.7 Å². The topological polar surface area (TPSA) is 70.4 Å². The maximum absolute atomic E-state index is 13.9. The molecule has 1 fully saturated rings. The van der Waals surface area contributed by atoms with E-state index < -0.39 is 6.03 Å². The average molecular weight is 346 g/mol. The van der Waals surface area contributed by atoms with Gasteiger partial charge in [-0.15, -0.1) is 0 Å². The van der Waals surface area contributed by atoms with Crippen LogP contribution in [0.3, 0.4) is 0 Å². The maximum atomic E-state index is 13.9. The Morgan fingerprint density at radius 1 is 1.28 bits per heavy atom. The molecule has 2 N–H and O–H groups in total. The molecular formula is C18H23FN4O2. The van der Waals surface area contributed by atoms with Crippen molar-refractivity contribution in [3.05, 3.63) is 41.0 Å². The van der Waals surface area contributed by atoms with Gasteiger partial charge in [-0.05, 0) is 51.8 Å². The SMILES string of the molecule is Cc1noc(C)c1C(C)NC(=O)Nc1cc(F)cc(N2CCCC2)c1. The Bertz CT molecular complexity index is 749. The third kappa shape index (κ3) is 3.92. The van der Waals surface area contributed by atoms with E-state index in [1.54, 1.807) is 13.0 Å². The number of hydrogen-bond donors (Lipinski definition) is 2. The van der Waals surface area contributed by atoms with Crippen LogP contribution < -0.4 is 15.5 Å². The van der Waals surface area contributed by atoms with Crippen molar-refractivity contribution >= 4 is 17.4 Å². The molecule has 25 heavy (non-hydrogen) atoms. The number of hydrogen-bond acceptors (Lipinski definition) is 4. The van der Waals surface area contributed by atoms with E-state index in [0.29, 0.717) is 11.4 Å². The molecule has 1 aliphatic rings. The highest BCUT2D eigenvalue weighted by Crippen LogP contribution is 2.25. The fourth-order valence-corrected chi connectivity index (χ4v) is 3.35. The molecule has 1 atom stereocenters. The highest BCUT2D eigenvalue weighted by atomic mass is 19.1. The first kappa shape index (κ1) is 17.3. The van der Waals surface area contributed by atoms with Gasteiger partial charge in [0.05, 0.1) is 11.7 Å². The monoisotopic (exact) mass is 346 g/mol. The van der Waals surface area contributed by atoms with Gasteiger partial charge in [0.15, 0.2) is 0 Å². The molecule has 6 nitrogen and oxygen atoms in total. The maximum Gasteiger partial charge on any atom is 0.319 e. The number of rotatable bonds is 4. The molecule has 0 spiro atoms. The number of nitrogens with zero attached hydrogens (tertiary/aromatic N) is 2. The van der Waals surface area contributed by atoms with Crippen molar-refractivity contribution in [2.24, 2.45) is 0 Å². The van der Waals surface area contributed by atoms with Crippen molar-refractivity contribution in [3.63, 3.8) is 0 Å². The van der Waals surface area contributed by atoms with Gasteiger partial charge in [0.2, 0.25) is 0 Å². The number of aryl methyl sites for hydroxylation is 2. The number of aromatic nitrogens is 1. The van der Waals surface area contributed by atoms with Crippen LogP contribution >= 0.6 is 0 Å². The highest BCUT2D eigenvalue weighted by Gasteiger charge is 2.19. The predicted octanol–water partition coefficient (Wildman–Crippen LogP) is 3.91. The minimum Gasteiger partial charge on any atom is -0.371 e. The number of amides is 2. The minimum absolute atomic E-state index is 0.266. The lowest BCUT2D eigenvalue weighted by molar-refractivity contribution is 0.249. The quantitative estimate of drug-likeness (QED) is 0.880. The molecule has 0 saturated carbocycles. The van der Waals surface area contributed by atoms with Crippen molar-refractivity contribution in [1.82, 2.24) is 10.5 Å². The lowest BCUT2D eigenvalue weighted by Crippen LogP contribution is -2.31. The van der Waals surface area contributed by atoms with Crippen LogP contribution in [0.2, 0.25) is 0 Å². The summed E-state index contributed by atoms with van der Waals surface area (Å²) in [5.74, 6) is 0.311. The van der Waals surface area contributed by atoms with Crippen LogP contribution in [0.5, 0.6) is 0 Å². The number of carbonyl (C=O) groups is 1. The number of carbonyl (C=O) groups excluding carboxylic acids is 1. The largest absolute Gasteiger partial charge is 0.371 e. The van der Waals surface area contributed by atoms with E-state index in [4.69, 9.17) is 4.52 Å². The number of nitrogens with one attached hydrogen (secondary N) is 2. The number of anilines is 2. The van der Waals surface area contributed by atoms with Crippen LogP contribution in [0.4, 0.5) is 20.6 Å². The smallest absolute Gasteiger partial charge is 0.319 e. The summed E-state index contributed by atoms with van der Waals surface area (Å²) in [7, 11) is 0. The van der Waals surface area contributed by atoms with E-state index in [2.05, 4.69) is 20.7 Å². The molecular weight excluding hydrogens is 323 g/mol. The lowest BCUT2D eigenvalue weighted by Gasteiger charge is -2.19. The fourth-order valence-electron chi connectivity index (χ4n) is 3.35. The average Bonchev–Trinajstić information content (AvgIpc) is 3.16. The number of halogens is 1. The normalized spacial score (nSPS) is 15.3. The second-order valence-electron chi connectivity index (χ2n) is 6.45. The summed E-state index contributed by atoms with van der Waals surface area (Å²) in [5, 5.41) is 9.44. The molecule has 134 valence electrons. The van der Waals surface area contributed by atoms with Crippen LogP contribution in [-0.2, 0) is 0 Å². The zero-order valence-corrected chi connectivity index (χ0v) is 14.7. The zero-order valence-electron chi connectivity index (χ0n) is 14.7. The summed E-state index contributed by atoms with van der Waals surface area (Å²) >= 11 is 0. The van der Waals surface area contributed by atoms with Crippen molar-refractivity contribution in [3.8, 4) is 0 Å². The van der Waals surface area contributed by atoms with Crippen LogP contribution in [0.25, 0.3) is 0 Å². The van der Waals surface area contributed by atoms with Gasteiger partial charge >= 0.3 is 6.03 Å². The van der Waals surface area contributed by atoms with Crippen LogP contribution in [0, 0.1) is 19.7 Å². The fraction of sp³-hybridized carbons (Fsp3) is 0.444. The standard InChI is InChI=1S/C18H23FN4O2/c1-11(17-12(2)22-25-13(17)3)20-18(24)21-15-8-14(19)9-16(10-15)23-6-4-5-7-23/h8-11H,4-7H2,1-3H3,(H2,20,21,24). The van der Waals surface area contributed by atoms with Gasteiger partial charge in [-0.3, -0.25) is 0 Å². The molecule has 3 rings (SSSR count). The summed E-state index contributed by atoms with van der Waals surface area (Å²) in [6, 6.07) is 3.96. The van der Waals surface area contributed by atoms with Gasteiger partial charge in [0.1, 0.15) is 11.6 Å². The van der Waals surface area contributed by atoms with Gasteiger partial charge in [0, 0.05) is 30.0 Å². The molecule has 7 heteroatoms. The van der Waals surface area contributed by atoms with Crippen LogP contribution in [-0.4, -0.2) is 24.3 Å². The molecule has 2 amide bonds. The third-order valence-corrected chi connectivity index (χ3v) is 4.48. The minimum atomic E-state index is -0.398. The van der Waals surface area contributed by atoms with E-state index in [9.17, 15) is 9.18 Å². The second-order valence-corrected chi connectivity index (χ2v) is 6.45. The first-order chi connectivity index (χ1) is 11.9. The Labute approximate surface area is 146 Å². The van der Waals surface area contributed by atoms with Crippen molar-refractivity contribution in [1.29, 1.82) is 0 Å². The Hall–Kier alpha value is -2.57. The van der Waals surface area contributed by atoms with Crippen LogP contribution in [0.1, 0.15) is 42.8 Å². The molecule has 0 radical (unpaired) electrons. The summed E-state index contributed by atoms with van der Waals surface area (Å²) in [6.07, 6.45) is 2.21. The van der Waals surface area contributed by atoms with Gasteiger partial charge < -0.3 is 20.1 Å². The van der Waals surface area contributed by atoms with E-state index >= 15 is 0 Å². The Kier molecular flexibility index (Phi) is 4.92. The molecule has 0 aliphatic carbocycles. The lowest BCUT2D eigenvalue weighted by atomic mass is 10.1. The summed E-state index contributed by atoms with van der Waals surface area (Å²) < 4.78 is 19.0. The van der Waals surface area contributed by atoms with E-state index in [1.807, 2.05) is 13.8 Å². The first-order valence-corrected chi connectivity index (χ1v) is 8.50. The summed E-state index contributed by atoms with van der Waals surface area (Å²) in [4.78, 5) is 14.4. The molecule has 2 heterocycles. The Balaban J connectivity index is 1.68. The van der Waals surface area contributed by atoms with Crippen molar-refractivity contribution in [2.75, 3.05) is 23.3 Å². The van der Waals surface area contributed by atoms with E-state index in [1.165, 1.54) is 12.1 Å².